The van der Waals surface area contributed by atoms with Crippen LogP contribution in [0.2, 0.25) is 0 Å². The Morgan fingerprint density at radius 1 is 1.80 bits per heavy atom. The van der Waals surface area contributed by atoms with Crippen molar-refractivity contribution in [2.45, 2.75) is 6.92 Å². The van der Waals surface area contributed by atoms with Gasteiger partial charge in [0.05, 0.1) is 7.11 Å². The van der Waals surface area contributed by atoms with Crippen LogP contribution in [0.4, 0.5) is 0 Å². The minimum Gasteiger partial charge on any atom is -0.379 e. The van der Waals surface area contributed by atoms with Gasteiger partial charge >= 0.3 is 0 Å². The van der Waals surface area contributed by atoms with Gasteiger partial charge in [0.2, 0.25) is 0 Å². The molecule has 0 atom stereocenters. The Morgan fingerprint density at radius 3 is 2.00 bits per heavy atom. The molecule has 0 fully saturated rings. The second-order valence-electron chi connectivity index (χ2n) is 0.493. The summed E-state index contributed by atoms with van der Waals surface area (Å²) in [5.74, 6) is 0. The van der Waals surface area contributed by atoms with E-state index in [1.165, 1.54) is 0 Å². The Hall–Kier alpha value is -0.0800. The highest BCUT2D eigenvalue weighted by Gasteiger charge is 1.52. The Balaban J connectivity index is 0. The van der Waals surface area contributed by atoms with E-state index in [-0.39, 0.29) is 6.15 Å². The van der Waals surface area contributed by atoms with Gasteiger partial charge in [-0.2, -0.15) is 0 Å². The van der Waals surface area contributed by atoms with E-state index in [1.54, 1.807) is 0 Å². The molecule has 0 rings (SSSR count). The van der Waals surface area contributed by atoms with Gasteiger partial charge in [0.25, 0.3) is 0 Å². The van der Waals surface area contributed by atoms with Gasteiger partial charge in [0, 0.05) is 6.61 Å². The van der Waals surface area contributed by atoms with Crippen molar-refractivity contribution in [3.8, 4) is 0 Å². The summed E-state index contributed by atoms with van der Waals surface area (Å²) < 4.78 is 4.29. The van der Waals surface area contributed by atoms with Gasteiger partial charge in [0.15, 0.2) is 0 Å². The molecule has 0 aromatic heterocycles. The van der Waals surface area contributed by atoms with E-state index < -0.39 is 0 Å². The highest BCUT2D eigenvalue weighted by atomic mass is 16.5. The number of ether oxygens (including phenoxy) is 1. The fourth-order valence-corrected chi connectivity index (χ4v) is 0. The third-order valence-corrected chi connectivity index (χ3v) is 0.204. The first-order valence-corrected chi connectivity index (χ1v) is 1.28. The predicted octanol–water partition coefficient (Wildman–Crippen LogP) is 0.976. The van der Waals surface area contributed by atoms with Crippen LogP contribution in [0.15, 0.2) is 0 Å². The normalized spacial score (nSPS) is 6.00. The van der Waals surface area contributed by atoms with Crippen LogP contribution < -0.4 is 6.15 Å². The van der Waals surface area contributed by atoms with Crippen LogP contribution in [0.5, 0.6) is 0 Å². The average molecular weight is 76.1 g/mol. The first kappa shape index (κ1) is 8.87. The van der Waals surface area contributed by atoms with E-state index >= 15 is 0 Å². The molecule has 3 N–H and O–H groups in total. The third kappa shape index (κ3) is 17.1. The molecule has 0 amide bonds. The van der Waals surface area contributed by atoms with E-state index in [0.717, 1.165) is 0 Å². The van der Waals surface area contributed by atoms with Crippen molar-refractivity contribution in [2.24, 2.45) is 0 Å². The van der Waals surface area contributed by atoms with Gasteiger partial charge in [-0.1, -0.05) is 0 Å². The van der Waals surface area contributed by atoms with Crippen LogP contribution in [-0.4, -0.2) is 6.61 Å². The molecule has 2 nitrogen and oxygen atoms in total. The molecular weight excluding hydrogens is 66.0 g/mol. The van der Waals surface area contributed by atoms with Gasteiger partial charge in [-0.25, -0.2) is 0 Å². The maximum absolute atomic E-state index is 4.29. The van der Waals surface area contributed by atoms with Crippen molar-refractivity contribution in [3.63, 3.8) is 0 Å². The summed E-state index contributed by atoms with van der Waals surface area (Å²) in [5.41, 5.74) is 0. The third-order valence-electron chi connectivity index (χ3n) is 0.204. The Bertz CT molecular complexity index is 8.85. The number of rotatable bonds is 1. The van der Waals surface area contributed by atoms with E-state index in [0.29, 0.717) is 6.61 Å². The molecular formula is C3H10NO. The van der Waals surface area contributed by atoms with Crippen molar-refractivity contribution < 1.29 is 4.74 Å². The van der Waals surface area contributed by atoms with Crippen LogP contribution in [0.3, 0.4) is 0 Å². The highest BCUT2D eigenvalue weighted by molar-refractivity contribution is 4.02. The van der Waals surface area contributed by atoms with Crippen LogP contribution >= 0.6 is 0 Å². The Kier molecular flexibility index (Phi) is 16.1. The van der Waals surface area contributed by atoms with Gasteiger partial charge in [0.1, 0.15) is 0 Å². The SMILES string of the molecule is N.[CH2]OCC. The van der Waals surface area contributed by atoms with Crippen LogP contribution in [0.25, 0.3) is 0 Å². The fourth-order valence-electron chi connectivity index (χ4n) is 0. The molecule has 0 saturated carbocycles. The molecule has 33 valence electrons. The van der Waals surface area contributed by atoms with E-state index in [2.05, 4.69) is 11.8 Å². The Labute approximate surface area is 32.7 Å². The molecule has 0 aliphatic rings. The lowest BCUT2D eigenvalue weighted by molar-refractivity contribution is 0.261. The topological polar surface area (TPSA) is 44.2 Å². The second-order valence-corrected chi connectivity index (χ2v) is 0.493. The lowest BCUT2D eigenvalue weighted by Gasteiger charge is -1.75. The van der Waals surface area contributed by atoms with Crippen molar-refractivity contribution in [1.82, 2.24) is 6.15 Å². The fraction of sp³-hybridized carbons (Fsp3) is 0.667. The summed E-state index contributed by atoms with van der Waals surface area (Å²) >= 11 is 0. The zero-order valence-corrected chi connectivity index (χ0v) is 3.53. The van der Waals surface area contributed by atoms with Gasteiger partial charge in [-0.05, 0) is 6.92 Å². The smallest absolute Gasteiger partial charge is 0.0700 e. The molecule has 0 aliphatic heterocycles. The van der Waals surface area contributed by atoms with Gasteiger partial charge in [-0.15, -0.1) is 0 Å². The number of hydrogen-bond acceptors (Lipinski definition) is 2. The summed E-state index contributed by atoms with van der Waals surface area (Å²) in [5, 5.41) is 0. The van der Waals surface area contributed by atoms with Crippen molar-refractivity contribution >= 4 is 0 Å². The van der Waals surface area contributed by atoms with Gasteiger partial charge in [-0.3, -0.25) is 0 Å². The summed E-state index contributed by atoms with van der Waals surface area (Å²) in [6, 6.07) is 0. The largest absolute Gasteiger partial charge is 0.379 e. The zero-order chi connectivity index (χ0) is 3.41. The maximum Gasteiger partial charge on any atom is 0.0700 e. The average Bonchev–Trinajstić information content (AvgIpc) is 1.37. The molecule has 0 unspecified atom stereocenters. The van der Waals surface area contributed by atoms with Crippen molar-refractivity contribution in [3.05, 3.63) is 7.11 Å². The van der Waals surface area contributed by atoms with E-state index in [9.17, 15) is 0 Å². The van der Waals surface area contributed by atoms with Crippen LogP contribution in [0, 0.1) is 7.11 Å². The van der Waals surface area contributed by atoms with E-state index in [1.807, 2.05) is 6.92 Å². The monoisotopic (exact) mass is 76.1 g/mol. The molecule has 2 heteroatoms. The molecule has 0 heterocycles. The second kappa shape index (κ2) is 9.07. The molecule has 0 saturated heterocycles. The van der Waals surface area contributed by atoms with Gasteiger partial charge < -0.3 is 10.9 Å². The molecule has 5 heavy (non-hydrogen) atoms. The quantitative estimate of drug-likeness (QED) is 0.506. The molecule has 0 aromatic carbocycles. The maximum atomic E-state index is 4.29. The lowest BCUT2D eigenvalue weighted by atomic mass is 10.9. The van der Waals surface area contributed by atoms with Crippen LogP contribution in [-0.2, 0) is 4.74 Å². The van der Waals surface area contributed by atoms with Crippen molar-refractivity contribution in [2.75, 3.05) is 6.61 Å². The minimum atomic E-state index is 0. The van der Waals surface area contributed by atoms with Crippen LogP contribution in [0.1, 0.15) is 6.92 Å². The summed E-state index contributed by atoms with van der Waals surface area (Å²) in [6.07, 6.45) is 0. The molecule has 0 aliphatic carbocycles. The standard InChI is InChI=1S/C3H7O.H3N/c1-3-4-2;/h2-3H2,1H3;1H3. The highest BCUT2D eigenvalue weighted by Crippen LogP contribution is 1.56. The first-order chi connectivity index (χ1) is 1.91. The predicted molar refractivity (Wildman–Crippen MR) is 22.0 cm³/mol. The molecule has 0 aromatic rings. The zero-order valence-electron chi connectivity index (χ0n) is 3.53. The first-order valence-electron chi connectivity index (χ1n) is 1.28. The minimum absolute atomic E-state index is 0. The molecule has 1 radical (unpaired) electrons. The Morgan fingerprint density at radius 2 is 2.00 bits per heavy atom. The summed E-state index contributed by atoms with van der Waals surface area (Å²) in [6.45, 7) is 2.60. The number of hydrogen-bond donors (Lipinski definition) is 1. The molecule has 0 spiro atoms. The van der Waals surface area contributed by atoms with E-state index in [4.69, 9.17) is 0 Å². The van der Waals surface area contributed by atoms with Crippen molar-refractivity contribution in [1.29, 1.82) is 0 Å². The summed E-state index contributed by atoms with van der Waals surface area (Å²) in [7, 11) is 3.10. The summed E-state index contributed by atoms with van der Waals surface area (Å²) in [4.78, 5) is 0. The lowest BCUT2D eigenvalue weighted by Crippen LogP contribution is -1.69. The molecule has 0 bridgehead atoms.